The zero-order valence-electron chi connectivity index (χ0n) is 24.8. The van der Waals surface area contributed by atoms with Gasteiger partial charge in [-0.1, -0.05) is 42.4 Å². The molecule has 1 amide bonds. The molecule has 44 heavy (non-hydrogen) atoms. The van der Waals surface area contributed by atoms with Crippen LogP contribution < -0.4 is 10.9 Å². The Balaban J connectivity index is 1.75. The quantitative estimate of drug-likeness (QED) is 0.164. The first-order chi connectivity index (χ1) is 21.3. The number of piperazine rings is 1. The van der Waals surface area contributed by atoms with E-state index in [2.05, 4.69) is 33.3 Å². The topological polar surface area (TPSA) is 115 Å². The number of amides is 1. The number of allylic oxidation sites excluding steroid dienone is 3. The molecule has 1 saturated heterocycles. The predicted octanol–water partition coefficient (Wildman–Crippen LogP) is 4.53. The molecule has 0 aromatic carbocycles. The van der Waals surface area contributed by atoms with Gasteiger partial charge in [0.05, 0.1) is 29.3 Å². The van der Waals surface area contributed by atoms with E-state index in [1.807, 2.05) is 12.1 Å². The molecule has 1 aliphatic rings. The Labute approximate surface area is 266 Å². The monoisotopic (exact) mass is 639 g/mol. The predicted molar refractivity (Wildman–Crippen MR) is 174 cm³/mol. The van der Waals surface area contributed by atoms with E-state index in [0.29, 0.717) is 48.9 Å². The van der Waals surface area contributed by atoms with Crippen molar-refractivity contribution in [2.75, 3.05) is 58.9 Å². The summed E-state index contributed by atoms with van der Waals surface area (Å²) in [7, 11) is 2.95. The lowest BCUT2D eigenvalue weighted by atomic mass is 10.0. The molecule has 1 N–H and O–H groups in total. The minimum atomic E-state index is -0.344. The highest BCUT2D eigenvalue weighted by atomic mass is 35.5. The maximum Gasteiger partial charge on any atom is 0.260 e. The van der Waals surface area contributed by atoms with Gasteiger partial charge in [-0.3, -0.25) is 19.1 Å². The molecule has 4 heterocycles. The number of aromatic nitrogens is 4. The van der Waals surface area contributed by atoms with Crippen LogP contribution >= 0.6 is 23.2 Å². The number of pyridine rings is 2. The zero-order valence-corrected chi connectivity index (χ0v) is 26.3. The second-order valence-corrected chi connectivity index (χ2v) is 10.7. The molecule has 0 radical (unpaired) electrons. The summed E-state index contributed by atoms with van der Waals surface area (Å²) in [4.78, 5) is 43.7. The number of anilines is 2. The van der Waals surface area contributed by atoms with Crippen LogP contribution in [0, 0.1) is 0 Å². The van der Waals surface area contributed by atoms with Crippen LogP contribution in [0.4, 0.5) is 11.8 Å². The maximum atomic E-state index is 14.3. The fraction of sp³-hybridized carbons (Fsp3) is 0.323. The van der Waals surface area contributed by atoms with Crippen LogP contribution in [0.25, 0.3) is 16.6 Å². The maximum absolute atomic E-state index is 14.3. The van der Waals surface area contributed by atoms with E-state index in [4.69, 9.17) is 37.7 Å². The van der Waals surface area contributed by atoms with Crippen LogP contribution in [0.5, 0.6) is 0 Å². The van der Waals surface area contributed by atoms with Gasteiger partial charge in [-0.15, -0.1) is 0 Å². The van der Waals surface area contributed by atoms with Gasteiger partial charge in [-0.05, 0) is 43.3 Å². The lowest BCUT2D eigenvalue weighted by Crippen LogP contribution is -2.48. The molecule has 13 heteroatoms. The molecule has 4 rings (SSSR count). The third kappa shape index (κ3) is 7.72. The molecule has 0 spiro atoms. The minimum Gasteiger partial charge on any atom is -0.495 e. The van der Waals surface area contributed by atoms with Gasteiger partial charge >= 0.3 is 0 Å². The highest BCUT2D eigenvalue weighted by Gasteiger charge is 2.23. The number of hydrogen-bond acceptors (Lipinski definition) is 9. The van der Waals surface area contributed by atoms with E-state index in [1.165, 1.54) is 26.4 Å². The summed E-state index contributed by atoms with van der Waals surface area (Å²) in [5, 5.41) is 4.03. The van der Waals surface area contributed by atoms with Crippen LogP contribution in [0.2, 0.25) is 0 Å². The molecule has 0 unspecified atom stereocenters. The molecule has 0 bridgehead atoms. The Kier molecular flexibility index (Phi) is 11.7. The van der Waals surface area contributed by atoms with Gasteiger partial charge in [-0.25, -0.2) is 9.97 Å². The zero-order chi connectivity index (χ0) is 31.6. The number of hydrogen-bond donors (Lipinski definition) is 1. The van der Waals surface area contributed by atoms with Gasteiger partial charge in [0, 0.05) is 63.2 Å². The highest BCUT2D eigenvalue weighted by Crippen LogP contribution is 2.34. The van der Waals surface area contributed by atoms with Crippen LogP contribution in [-0.4, -0.2) is 88.8 Å². The Bertz CT molecular complexity index is 1630. The van der Waals surface area contributed by atoms with Crippen molar-refractivity contribution in [1.82, 2.24) is 29.3 Å². The van der Waals surface area contributed by atoms with Crippen LogP contribution in [0.3, 0.4) is 0 Å². The number of halogens is 2. The number of aryl methyl sites for hydroxylation is 1. The van der Waals surface area contributed by atoms with Crippen LogP contribution in [0.1, 0.15) is 12.0 Å². The number of methoxy groups -OCH3 is 2. The van der Waals surface area contributed by atoms with E-state index in [-0.39, 0.29) is 45.0 Å². The Morgan fingerprint density at radius 2 is 1.86 bits per heavy atom. The number of rotatable bonds is 13. The SMILES string of the molecule is C=CC(=O)N1CCN(CCCn2c(=O)c(C(/C(Cl)=C(\C=C)OC)=C(\Cl)COC)cc3cnc(Nc4ccccn4)nc32)CC1. The third-order valence-corrected chi connectivity index (χ3v) is 7.77. The van der Waals surface area contributed by atoms with Crippen molar-refractivity contribution in [3.05, 3.63) is 93.7 Å². The second-order valence-electron chi connectivity index (χ2n) is 9.85. The van der Waals surface area contributed by atoms with Gasteiger partial charge in [0.25, 0.3) is 5.56 Å². The lowest BCUT2D eigenvalue weighted by Gasteiger charge is -2.34. The number of ether oxygens (including phenoxy) is 2. The van der Waals surface area contributed by atoms with Crippen molar-refractivity contribution in [2.45, 2.75) is 13.0 Å². The number of nitrogens with one attached hydrogen (secondary N) is 1. The number of fused-ring (bicyclic) bond motifs is 1. The van der Waals surface area contributed by atoms with Crippen molar-refractivity contribution in [3.63, 3.8) is 0 Å². The number of carbonyl (C=O) groups is 1. The van der Waals surface area contributed by atoms with Crippen LogP contribution in [0.15, 0.2) is 82.6 Å². The largest absolute Gasteiger partial charge is 0.495 e. The molecule has 232 valence electrons. The third-order valence-electron chi connectivity index (χ3n) is 7.10. The van der Waals surface area contributed by atoms with E-state index in [9.17, 15) is 9.59 Å². The number of carbonyl (C=O) groups excluding carboxylic acids is 1. The Morgan fingerprint density at radius 3 is 2.50 bits per heavy atom. The average Bonchev–Trinajstić information content (AvgIpc) is 3.04. The molecule has 0 saturated carbocycles. The summed E-state index contributed by atoms with van der Waals surface area (Å²) in [6.07, 6.45) is 6.72. The van der Waals surface area contributed by atoms with Gasteiger partial charge in [0.1, 0.15) is 17.2 Å². The summed E-state index contributed by atoms with van der Waals surface area (Å²) in [5.41, 5.74) is 0.604. The molecule has 0 atom stereocenters. The summed E-state index contributed by atoms with van der Waals surface area (Å²) in [6, 6.07) is 7.12. The highest BCUT2D eigenvalue weighted by molar-refractivity contribution is 6.42. The molecular formula is C31H35Cl2N7O4. The van der Waals surface area contributed by atoms with Crippen molar-refractivity contribution in [3.8, 4) is 0 Å². The molecule has 1 aliphatic heterocycles. The molecular weight excluding hydrogens is 605 g/mol. The van der Waals surface area contributed by atoms with Gasteiger partial charge in [0.2, 0.25) is 11.9 Å². The summed E-state index contributed by atoms with van der Waals surface area (Å²) < 4.78 is 12.3. The first-order valence-electron chi connectivity index (χ1n) is 14.0. The van der Waals surface area contributed by atoms with E-state index in [1.54, 1.807) is 34.0 Å². The summed E-state index contributed by atoms with van der Waals surface area (Å²) in [5.74, 6) is 1.05. The lowest BCUT2D eigenvalue weighted by molar-refractivity contribution is -0.127. The van der Waals surface area contributed by atoms with Gasteiger partial charge in [-0.2, -0.15) is 4.98 Å². The van der Waals surface area contributed by atoms with Gasteiger partial charge < -0.3 is 19.7 Å². The van der Waals surface area contributed by atoms with Crippen molar-refractivity contribution < 1.29 is 14.3 Å². The minimum absolute atomic E-state index is 0.0164. The molecule has 3 aromatic rings. The summed E-state index contributed by atoms with van der Waals surface area (Å²) >= 11 is 13.5. The Morgan fingerprint density at radius 1 is 1.09 bits per heavy atom. The average molecular weight is 641 g/mol. The molecule has 3 aromatic heterocycles. The first-order valence-corrected chi connectivity index (χ1v) is 14.7. The van der Waals surface area contributed by atoms with Crippen molar-refractivity contribution in [1.29, 1.82) is 0 Å². The fourth-order valence-electron chi connectivity index (χ4n) is 4.90. The van der Waals surface area contributed by atoms with Crippen LogP contribution in [-0.2, 0) is 20.8 Å². The molecule has 11 nitrogen and oxygen atoms in total. The van der Waals surface area contributed by atoms with Crippen molar-refractivity contribution >= 4 is 57.5 Å². The fourth-order valence-corrected chi connectivity index (χ4v) is 5.62. The van der Waals surface area contributed by atoms with E-state index >= 15 is 0 Å². The summed E-state index contributed by atoms with van der Waals surface area (Å²) in [6.45, 7) is 11.1. The van der Waals surface area contributed by atoms with E-state index < -0.39 is 0 Å². The smallest absolute Gasteiger partial charge is 0.260 e. The molecule has 0 aliphatic carbocycles. The standard InChI is InChI=1S/C31H35Cl2N7O4/c1-5-24(44-4)28(33)27(23(32)20-43-3)22-18-21-19-35-31(36-25-10-7-8-11-34-25)37-29(21)40(30(22)42)13-9-12-38-14-16-39(17-15-38)26(41)6-2/h5-8,10-11,18-19H,1-2,9,12-17,20H2,3-4H3,(H,34,35,36,37)/b27-23+,28-24-. The van der Waals surface area contributed by atoms with Crippen molar-refractivity contribution in [2.24, 2.45) is 0 Å². The van der Waals surface area contributed by atoms with Gasteiger partial charge in [0.15, 0.2) is 0 Å². The Hall–Kier alpha value is -4.03. The molecule has 1 fully saturated rings. The van der Waals surface area contributed by atoms with E-state index in [0.717, 1.165) is 19.6 Å². The number of nitrogens with zero attached hydrogens (tertiary/aromatic N) is 6. The first kappa shape index (κ1) is 32.9. The second kappa shape index (κ2) is 15.6. The normalized spacial score (nSPS) is 15.0.